The third-order valence-electron chi connectivity index (χ3n) is 3.39. The molecule has 0 N–H and O–H groups in total. The van der Waals surface area contributed by atoms with Crippen molar-refractivity contribution in [2.24, 2.45) is 0 Å². The minimum atomic E-state index is -4.39. The third kappa shape index (κ3) is 4.96. The third-order valence-corrected chi connectivity index (χ3v) is 5.61. The van der Waals surface area contributed by atoms with Crippen molar-refractivity contribution in [1.82, 2.24) is 9.97 Å². The Hall–Kier alpha value is -1.64. The summed E-state index contributed by atoms with van der Waals surface area (Å²) in [6.07, 6.45) is -3.07. The molecule has 9 heteroatoms. The van der Waals surface area contributed by atoms with Gasteiger partial charge in [-0.3, -0.25) is 0 Å². The van der Waals surface area contributed by atoms with E-state index in [1.54, 1.807) is 6.07 Å². The summed E-state index contributed by atoms with van der Waals surface area (Å²) in [5.41, 5.74) is 0.815. The maximum absolute atomic E-state index is 13.1. The van der Waals surface area contributed by atoms with E-state index in [1.165, 1.54) is 41.3 Å². The zero-order valence-electron chi connectivity index (χ0n) is 13.1. The highest BCUT2D eigenvalue weighted by molar-refractivity contribution is 7.98. The Morgan fingerprint density at radius 2 is 1.96 bits per heavy atom. The molecule has 0 unspecified atom stereocenters. The second-order valence-electron chi connectivity index (χ2n) is 5.32. The van der Waals surface area contributed by atoms with E-state index in [1.807, 2.05) is 5.38 Å². The van der Waals surface area contributed by atoms with Crippen LogP contribution in [0.25, 0.3) is 0 Å². The average Bonchev–Trinajstić information content (AvgIpc) is 3.03. The lowest BCUT2D eigenvalue weighted by atomic mass is 10.1. The van der Waals surface area contributed by atoms with Gasteiger partial charge in [-0.05, 0) is 29.8 Å². The zero-order valence-corrected chi connectivity index (χ0v) is 15.4. The Labute approximate surface area is 160 Å². The van der Waals surface area contributed by atoms with Gasteiger partial charge < -0.3 is 0 Å². The molecule has 0 amide bonds. The van der Waals surface area contributed by atoms with Crippen LogP contribution in [0.3, 0.4) is 0 Å². The first-order valence-corrected chi connectivity index (χ1v) is 9.59. The van der Waals surface area contributed by atoms with Gasteiger partial charge in [0.15, 0.2) is 0 Å². The fourth-order valence-electron chi connectivity index (χ4n) is 2.11. The van der Waals surface area contributed by atoms with Gasteiger partial charge >= 0.3 is 6.18 Å². The maximum atomic E-state index is 13.1. The minimum Gasteiger partial charge on any atom is -0.249 e. The molecule has 2 heterocycles. The van der Waals surface area contributed by atoms with Crippen molar-refractivity contribution in [2.75, 3.05) is 0 Å². The molecule has 1 aromatic carbocycles. The number of thiazole rings is 1. The molecule has 0 fully saturated rings. The number of thioether (sulfide) groups is 1. The first-order valence-electron chi connectivity index (χ1n) is 7.34. The summed E-state index contributed by atoms with van der Waals surface area (Å²) in [5, 5.41) is 3.55. The summed E-state index contributed by atoms with van der Waals surface area (Å²) in [6, 6.07) is 6.59. The van der Waals surface area contributed by atoms with E-state index in [-0.39, 0.29) is 5.82 Å². The lowest BCUT2D eigenvalue weighted by Crippen LogP contribution is -2.05. The molecule has 0 bridgehead atoms. The van der Waals surface area contributed by atoms with Gasteiger partial charge in [0.05, 0.1) is 21.3 Å². The Morgan fingerprint density at radius 3 is 2.62 bits per heavy atom. The molecule has 0 radical (unpaired) electrons. The maximum Gasteiger partial charge on any atom is 0.417 e. The standard InChI is InChI=1S/C17H11ClF4N2S2/c18-14-6-12(19)3-1-10(14)5-16-24-13(9-26-16)8-25-15-4-2-11(7-23-15)17(20,21)22/h1-4,6-7,9H,5,8H2. The highest BCUT2D eigenvalue weighted by atomic mass is 35.5. The van der Waals surface area contributed by atoms with Crippen LogP contribution in [0.15, 0.2) is 46.9 Å². The van der Waals surface area contributed by atoms with Crippen molar-refractivity contribution in [2.45, 2.75) is 23.4 Å². The van der Waals surface area contributed by atoms with Crippen molar-refractivity contribution < 1.29 is 17.6 Å². The van der Waals surface area contributed by atoms with E-state index < -0.39 is 11.7 Å². The zero-order chi connectivity index (χ0) is 18.7. The minimum absolute atomic E-state index is 0.352. The first-order chi connectivity index (χ1) is 12.3. The van der Waals surface area contributed by atoms with Crippen LogP contribution in [0.2, 0.25) is 5.02 Å². The molecule has 0 aliphatic carbocycles. The van der Waals surface area contributed by atoms with E-state index in [0.717, 1.165) is 28.5 Å². The summed E-state index contributed by atoms with van der Waals surface area (Å²) in [5.74, 6) is 0.102. The van der Waals surface area contributed by atoms with Crippen LogP contribution in [0.1, 0.15) is 21.8 Å². The Balaban J connectivity index is 1.60. The second kappa shape index (κ2) is 7.94. The Bertz CT molecular complexity index is 895. The lowest BCUT2D eigenvalue weighted by molar-refractivity contribution is -0.137. The Kier molecular flexibility index (Phi) is 5.84. The van der Waals surface area contributed by atoms with Crippen LogP contribution in [0, 0.1) is 5.82 Å². The molecule has 0 saturated carbocycles. The van der Waals surface area contributed by atoms with Gasteiger partial charge in [-0.2, -0.15) is 13.2 Å². The van der Waals surface area contributed by atoms with Gasteiger partial charge in [-0.25, -0.2) is 14.4 Å². The number of pyridine rings is 1. The van der Waals surface area contributed by atoms with E-state index >= 15 is 0 Å². The van der Waals surface area contributed by atoms with Crippen molar-refractivity contribution >= 4 is 34.7 Å². The molecule has 3 rings (SSSR count). The van der Waals surface area contributed by atoms with E-state index in [4.69, 9.17) is 11.6 Å². The summed E-state index contributed by atoms with van der Waals surface area (Å²) in [6.45, 7) is 0. The number of hydrogen-bond acceptors (Lipinski definition) is 4. The number of aromatic nitrogens is 2. The van der Waals surface area contributed by atoms with E-state index in [2.05, 4.69) is 9.97 Å². The van der Waals surface area contributed by atoms with Crippen LogP contribution in [0.4, 0.5) is 17.6 Å². The normalized spacial score (nSPS) is 11.7. The van der Waals surface area contributed by atoms with Gasteiger partial charge in [-0.15, -0.1) is 23.1 Å². The quantitative estimate of drug-likeness (QED) is 0.362. The molecular formula is C17H11ClF4N2S2. The molecule has 2 nitrogen and oxygen atoms in total. The number of rotatable bonds is 5. The van der Waals surface area contributed by atoms with E-state index in [0.29, 0.717) is 22.2 Å². The summed E-state index contributed by atoms with van der Waals surface area (Å²) >= 11 is 8.78. The topological polar surface area (TPSA) is 25.8 Å². The SMILES string of the molecule is Fc1ccc(Cc2nc(CSc3ccc(C(F)(F)F)cn3)cs2)c(Cl)c1. The van der Waals surface area contributed by atoms with Gasteiger partial charge in [0, 0.05) is 28.8 Å². The fourth-order valence-corrected chi connectivity index (χ4v) is 4.00. The smallest absolute Gasteiger partial charge is 0.249 e. The average molecular weight is 419 g/mol. The van der Waals surface area contributed by atoms with Crippen molar-refractivity contribution in [3.05, 3.63) is 74.6 Å². The van der Waals surface area contributed by atoms with E-state index in [9.17, 15) is 17.6 Å². The monoisotopic (exact) mass is 418 g/mol. The largest absolute Gasteiger partial charge is 0.417 e. The molecule has 0 atom stereocenters. The number of alkyl halides is 3. The molecule has 3 aromatic rings. The van der Waals surface area contributed by atoms with Crippen molar-refractivity contribution in [3.63, 3.8) is 0 Å². The summed E-state index contributed by atoms with van der Waals surface area (Å²) < 4.78 is 50.6. The summed E-state index contributed by atoms with van der Waals surface area (Å²) in [4.78, 5) is 8.30. The molecule has 26 heavy (non-hydrogen) atoms. The molecular weight excluding hydrogens is 408 g/mol. The van der Waals surface area contributed by atoms with Gasteiger partial charge in [0.2, 0.25) is 0 Å². The van der Waals surface area contributed by atoms with Crippen LogP contribution in [-0.2, 0) is 18.3 Å². The molecule has 136 valence electrons. The van der Waals surface area contributed by atoms with Crippen LogP contribution in [0.5, 0.6) is 0 Å². The van der Waals surface area contributed by atoms with Crippen molar-refractivity contribution in [3.8, 4) is 0 Å². The number of halogens is 5. The predicted molar refractivity (Wildman–Crippen MR) is 95.1 cm³/mol. The Morgan fingerprint density at radius 1 is 1.15 bits per heavy atom. The number of hydrogen-bond donors (Lipinski definition) is 0. The van der Waals surface area contributed by atoms with Crippen LogP contribution >= 0.6 is 34.7 Å². The molecule has 0 aliphatic rings. The summed E-state index contributed by atoms with van der Waals surface area (Å²) in [7, 11) is 0. The number of nitrogens with zero attached hydrogens (tertiary/aromatic N) is 2. The fraction of sp³-hybridized carbons (Fsp3) is 0.176. The van der Waals surface area contributed by atoms with Gasteiger partial charge in [0.25, 0.3) is 0 Å². The number of benzene rings is 1. The molecule has 0 aliphatic heterocycles. The van der Waals surface area contributed by atoms with Crippen LogP contribution in [-0.4, -0.2) is 9.97 Å². The lowest BCUT2D eigenvalue weighted by Gasteiger charge is -2.06. The molecule has 0 spiro atoms. The second-order valence-corrected chi connectivity index (χ2v) is 7.66. The highest BCUT2D eigenvalue weighted by Crippen LogP contribution is 2.30. The first kappa shape index (κ1) is 19.1. The van der Waals surface area contributed by atoms with Gasteiger partial charge in [0.1, 0.15) is 5.82 Å². The van der Waals surface area contributed by atoms with Crippen LogP contribution < -0.4 is 0 Å². The van der Waals surface area contributed by atoms with Gasteiger partial charge in [-0.1, -0.05) is 17.7 Å². The molecule has 2 aromatic heterocycles. The van der Waals surface area contributed by atoms with Crippen molar-refractivity contribution in [1.29, 1.82) is 0 Å². The molecule has 0 saturated heterocycles. The predicted octanol–water partition coefficient (Wildman–Crippen LogP) is 6.23. The highest BCUT2D eigenvalue weighted by Gasteiger charge is 2.30.